The Bertz CT molecular complexity index is 1430. The van der Waals surface area contributed by atoms with Crippen LogP contribution in [-0.4, -0.2) is 46.6 Å². The highest BCUT2D eigenvalue weighted by molar-refractivity contribution is 7.90. The van der Waals surface area contributed by atoms with Gasteiger partial charge in [-0.25, -0.2) is 23.2 Å². The lowest BCUT2D eigenvalue weighted by Crippen LogP contribution is -2.14. The van der Waals surface area contributed by atoms with Crippen LogP contribution in [0.25, 0.3) is 22.3 Å². The number of benzene rings is 2. The third kappa shape index (κ3) is 4.14. The number of aromatic carboxylic acids is 1. The van der Waals surface area contributed by atoms with Crippen LogP contribution in [-0.2, 0) is 9.84 Å². The molecule has 0 radical (unpaired) electrons. The number of pyridine rings is 1. The number of para-hydroxylation sites is 1. The summed E-state index contributed by atoms with van der Waals surface area (Å²) >= 11 is 0. The fraction of sp³-hybridized carbons (Fsp3) is 0.0476. The van der Waals surface area contributed by atoms with Crippen molar-refractivity contribution in [2.45, 2.75) is 4.90 Å². The van der Waals surface area contributed by atoms with E-state index in [1.807, 2.05) is 0 Å². The number of hydrogen-bond donors (Lipinski definition) is 3. The molecule has 156 valence electrons. The molecule has 4 aromatic rings. The van der Waals surface area contributed by atoms with E-state index in [0.717, 1.165) is 6.26 Å². The Balaban J connectivity index is 1.60. The zero-order valence-electron chi connectivity index (χ0n) is 16.2. The number of carbonyl (C=O) groups excluding carboxylic acids is 1. The van der Waals surface area contributed by atoms with E-state index in [1.54, 1.807) is 36.4 Å². The van der Waals surface area contributed by atoms with Crippen molar-refractivity contribution in [3.63, 3.8) is 0 Å². The monoisotopic (exact) mass is 436 g/mol. The normalized spacial score (nSPS) is 11.4. The van der Waals surface area contributed by atoms with Gasteiger partial charge >= 0.3 is 5.97 Å². The number of anilines is 1. The number of amides is 1. The molecule has 0 aliphatic carbocycles. The summed E-state index contributed by atoms with van der Waals surface area (Å²) in [5.41, 5.74) is 1.98. The summed E-state index contributed by atoms with van der Waals surface area (Å²) < 4.78 is 23.2. The molecular weight excluding hydrogens is 420 g/mol. The molecule has 4 rings (SSSR count). The summed E-state index contributed by atoms with van der Waals surface area (Å²) in [5, 5.41) is 11.8. The van der Waals surface area contributed by atoms with E-state index in [0.29, 0.717) is 16.8 Å². The van der Waals surface area contributed by atoms with Gasteiger partial charge in [0.2, 0.25) is 5.95 Å². The smallest absolute Gasteiger partial charge is 0.337 e. The van der Waals surface area contributed by atoms with Gasteiger partial charge in [-0.15, -0.1) is 0 Å². The molecule has 9 nitrogen and oxygen atoms in total. The lowest BCUT2D eigenvalue weighted by Gasteiger charge is -2.06. The molecule has 0 atom stereocenters. The predicted octanol–water partition coefficient (Wildman–Crippen LogP) is 2.98. The molecular formula is C21H16N4O5S. The first-order valence-electron chi connectivity index (χ1n) is 9.03. The molecule has 1 amide bonds. The third-order valence-corrected chi connectivity index (χ3v) is 5.66. The van der Waals surface area contributed by atoms with Crippen LogP contribution in [0.5, 0.6) is 0 Å². The topological polar surface area (TPSA) is 142 Å². The first kappa shape index (κ1) is 20.2. The highest BCUT2D eigenvalue weighted by Crippen LogP contribution is 2.21. The average molecular weight is 436 g/mol. The van der Waals surface area contributed by atoms with Crippen molar-refractivity contribution in [1.82, 2.24) is 15.0 Å². The van der Waals surface area contributed by atoms with Gasteiger partial charge in [-0.05, 0) is 36.4 Å². The van der Waals surface area contributed by atoms with Crippen LogP contribution in [0.1, 0.15) is 20.8 Å². The zero-order chi connectivity index (χ0) is 22.2. The Kier molecular flexibility index (Phi) is 4.99. The van der Waals surface area contributed by atoms with E-state index in [9.17, 15) is 23.1 Å². The lowest BCUT2D eigenvalue weighted by atomic mass is 10.1. The first-order valence-corrected chi connectivity index (χ1v) is 10.9. The van der Waals surface area contributed by atoms with Crippen molar-refractivity contribution < 1.29 is 23.1 Å². The maximum Gasteiger partial charge on any atom is 0.337 e. The van der Waals surface area contributed by atoms with Gasteiger partial charge in [-0.2, -0.15) is 0 Å². The highest BCUT2D eigenvalue weighted by atomic mass is 32.2. The molecule has 0 aliphatic rings. The van der Waals surface area contributed by atoms with Crippen LogP contribution in [0, 0.1) is 0 Å². The second-order valence-electron chi connectivity index (χ2n) is 6.75. The fourth-order valence-electron chi connectivity index (χ4n) is 3.03. The number of carboxylic acids is 1. The molecule has 2 heterocycles. The van der Waals surface area contributed by atoms with Gasteiger partial charge in [-0.1, -0.05) is 24.3 Å². The molecule has 0 saturated heterocycles. The quantitative estimate of drug-likeness (QED) is 0.436. The van der Waals surface area contributed by atoms with E-state index in [2.05, 4.69) is 20.3 Å². The Hall–Kier alpha value is -4.05. The Morgan fingerprint density at radius 3 is 2.35 bits per heavy atom. The fourth-order valence-corrected chi connectivity index (χ4v) is 3.66. The SMILES string of the molecule is CS(=O)(=O)c1ccc(-c2cccc(C(=O)Nc3nc4c(C(=O)O)cccc4[nH]3)n2)cc1. The Morgan fingerprint density at radius 1 is 0.968 bits per heavy atom. The number of aromatic nitrogens is 3. The highest BCUT2D eigenvalue weighted by Gasteiger charge is 2.16. The van der Waals surface area contributed by atoms with Gasteiger partial charge in [0.1, 0.15) is 11.2 Å². The van der Waals surface area contributed by atoms with Crippen molar-refractivity contribution in [3.8, 4) is 11.3 Å². The molecule has 10 heteroatoms. The number of rotatable bonds is 5. The van der Waals surface area contributed by atoms with Crippen LogP contribution in [0.2, 0.25) is 0 Å². The van der Waals surface area contributed by atoms with E-state index >= 15 is 0 Å². The maximum absolute atomic E-state index is 12.6. The summed E-state index contributed by atoms with van der Waals surface area (Å²) in [6.07, 6.45) is 1.13. The predicted molar refractivity (Wildman–Crippen MR) is 114 cm³/mol. The van der Waals surface area contributed by atoms with Crippen molar-refractivity contribution in [3.05, 3.63) is 71.9 Å². The number of imidazole rings is 1. The number of sulfone groups is 1. The van der Waals surface area contributed by atoms with E-state index in [1.165, 1.54) is 24.3 Å². The second kappa shape index (κ2) is 7.65. The molecule has 0 aliphatic heterocycles. The maximum atomic E-state index is 12.6. The molecule has 0 saturated carbocycles. The van der Waals surface area contributed by atoms with Crippen molar-refractivity contribution in [2.24, 2.45) is 0 Å². The number of carboxylic acid groups (broad SMARTS) is 1. The van der Waals surface area contributed by atoms with Crippen LogP contribution >= 0.6 is 0 Å². The van der Waals surface area contributed by atoms with E-state index in [4.69, 9.17) is 0 Å². The van der Waals surface area contributed by atoms with E-state index in [-0.39, 0.29) is 27.6 Å². The average Bonchev–Trinajstić information content (AvgIpc) is 3.15. The zero-order valence-corrected chi connectivity index (χ0v) is 17.0. The van der Waals surface area contributed by atoms with Crippen molar-refractivity contribution >= 4 is 38.7 Å². The van der Waals surface area contributed by atoms with Crippen molar-refractivity contribution in [2.75, 3.05) is 11.6 Å². The van der Waals surface area contributed by atoms with Gasteiger partial charge < -0.3 is 10.1 Å². The molecule has 2 aromatic carbocycles. The van der Waals surface area contributed by atoms with Crippen LogP contribution in [0.15, 0.2) is 65.6 Å². The molecule has 0 spiro atoms. The molecule has 0 unspecified atom stereocenters. The van der Waals surface area contributed by atoms with Gasteiger partial charge in [0.05, 0.1) is 21.7 Å². The minimum atomic E-state index is -3.31. The Morgan fingerprint density at radius 2 is 1.68 bits per heavy atom. The number of hydrogen-bond acceptors (Lipinski definition) is 6. The number of nitrogens with zero attached hydrogens (tertiary/aromatic N) is 2. The third-order valence-electron chi connectivity index (χ3n) is 4.54. The largest absolute Gasteiger partial charge is 0.478 e. The van der Waals surface area contributed by atoms with Gasteiger partial charge in [0.15, 0.2) is 9.84 Å². The summed E-state index contributed by atoms with van der Waals surface area (Å²) in [6.45, 7) is 0. The number of carbonyl (C=O) groups is 2. The molecule has 31 heavy (non-hydrogen) atoms. The minimum absolute atomic E-state index is 0.0203. The second-order valence-corrected chi connectivity index (χ2v) is 8.77. The summed E-state index contributed by atoms with van der Waals surface area (Å²) in [6, 6.07) is 15.7. The molecule has 0 fully saturated rings. The van der Waals surface area contributed by atoms with Gasteiger partial charge in [0, 0.05) is 11.8 Å². The van der Waals surface area contributed by atoms with Crippen LogP contribution in [0.4, 0.5) is 5.95 Å². The molecule has 2 aromatic heterocycles. The van der Waals surface area contributed by atoms with E-state index < -0.39 is 21.7 Å². The van der Waals surface area contributed by atoms with Crippen LogP contribution < -0.4 is 5.32 Å². The minimum Gasteiger partial charge on any atom is -0.478 e. The first-order chi connectivity index (χ1) is 14.7. The number of H-pyrrole nitrogens is 1. The van der Waals surface area contributed by atoms with Crippen molar-refractivity contribution in [1.29, 1.82) is 0 Å². The van der Waals surface area contributed by atoms with Gasteiger partial charge in [0.25, 0.3) is 5.91 Å². The summed E-state index contributed by atoms with van der Waals surface area (Å²) in [7, 11) is -3.31. The number of aromatic amines is 1. The summed E-state index contributed by atoms with van der Waals surface area (Å²) in [4.78, 5) is 35.5. The summed E-state index contributed by atoms with van der Waals surface area (Å²) in [5.74, 6) is -1.56. The van der Waals surface area contributed by atoms with Crippen LogP contribution in [0.3, 0.4) is 0 Å². The lowest BCUT2D eigenvalue weighted by molar-refractivity contribution is 0.0698. The van der Waals surface area contributed by atoms with Gasteiger partial charge in [-0.3, -0.25) is 10.1 Å². The number of nitrogens with one attached hydrogen (secondary N) is 2. The Labute approximate surface area is 176 Å². The molecule has 3 N–H and O–H groups in total. The number of fused-ring (bicyclic) bond motifs is 1. The standard InChI is InChI=1S/C21H16N4O5S/c1-31(29,30)13-10-8-12(9-11-13)15-5-3-7-17(22-15)19(26)25-21-23-16-6-2-4-14(20(27)28)18(16)24-21/h2-11H,1H3,(H,27,28)(H2,23,24,25,26). The molecule has 0 bridgehead atoms.